The Kier molecular flexibility index (Phi) is 5.71. The van der Waals surface area contributed by atoms with E-state index in [-0.39, 0.29) is 12.2 Å². The highest BCUT2D eigenvalue weighted by Crippen LogP contribution is 2.18. The lowest BCUT2D eigenvalue weighted by Gasteiger charge is -1.99. The molecule has 0 saturated carbocycles. The van der Waals surface area contributed by atoms with Crippen LogP contribution in [-0.4, -0.2) is 24.0 Å². The molecule has 0 spiro atoms. The molecule has 1 N–H and O–H groups in total. The molecule has 0 aliphatic rings. The number of benzene rings is 1. The third-order valence-electron chi connectivity index (χ3n) is 2.56. The van der Waals surface area contributed by atoms with Crippen LogP contribution in [0.1, 0.15) is 21.7 Å². The van der Waals surface area contributed by atoms with E-state index in [1.165, 1.54) is 17.6 Å². The van der Waals surface area contributed by atoms with Gasteiger partial charge in [0.15, 0.2) is 10.9 Å². The number of ketones is 1. The van der Waals surface area contributed by atoms with Gasteiger partial charge in [0.1, 0.15) is 6.61 Å². The average molecular weight is 324 g/mol. The molecule has 0 bridgehead atoms. The van der Waals surface area contributed by atoms with Gasteiger partial charge in [-0.1, -0.05) is 40.2 Å². The van der Waals surface area contributed by atoms with Crippen LogP contribution in [0.15, 0.2) is 35.6 Å². The third-order valence-corrected chi connectivity index (χ3v) is 3.87. The van der Waals surface area contributed by atoms with Crippen molar-refractivity contribution in [3.05, 3.63) is 45.9 Å². The van der Waals surface area contributed by atoms with Crippen LogP contribution in [-0.2, 0) is 11.4 Å². The number of hydrogen-bond donors (Lipinski definition) is 1. The normalized spacial score (nSPS) is 10.8. The summed E-state index contributed by atoms with van der Waals surface area (Å²) >= 11 is 7.10. The van der Waals surface area contributed by atoms with Crippen molar-refractivity contribution in [1.29, 1.82) is 0 Å². The molecular formula is C14H14ClN3O2S. The lowest BCUT2D eigenvalue weighted by Crippen LogP contribution is -1.97. The van der Waals surface area contributed by atoms with Crippen LogP contribution < -0.4 is 5.32 Å². The second-order valence-electron chi connectivity index (χ2n) is 4.09. The highest BCUT2D eigenvalue weighted by molar-refractivity contribution is 7.17. The highest BCUT2D eigenvalue weighted by atomic mass is 35.5. The van der Waals surface area contributed by atoms with Gasteiger partial charge in [0.2, 0.25) is 0 Å². The van der Waals surface area contributed by atoms with E-state index in [0.717, 1.165) is 5.56 Å². The summed E-state index contributed by atoms with van der Waals surface area (Å²) in [5.74, 6) is -0.0344. The van der Waals surface area contributed by atoms with Crippen molar-refractivity contribution in [2.75, 3.05) is 12.4 Å². The van der Waals surface area contributed by atoms with Gasteiger partial charge in [0, 0.05) is 12.1 Å². The first kappa shape index (κ1) is 15.5. The molecule has 1 heterocycles. The number of halogens is 1. The second kappa shape index (κ2) is 7.75. The first-order valence-electron chi connectivity index (χ1n) is 6.24. The predicted octanol–water partition coefficient (Wildman–Crippen LogP) is 3.61. The molecule has 0 unspecified atom stereocenters. The van der Waals surface area contributed by atoms with Crippen molar-refractivity contribution in [3.8, 4) is 0 Å². The summed E-state index contributed by atoms with van der Waals surface area (Å²) in [5.41, 5.74) is 0.962. The van der Waals surface area contributed by atoms with Crippen molar-refractivity contribution < 1.29 is 9.63 Å². The van der Waals surface area contributed by atoms with E-state index in [4.69, 9.17) is 16.4 Å². The fraction of sp³-hybridized carbons (Fsp3) is 0.214. The number of rotatable bonds is 7. The average Bonchev–Trinajstić information content (AvgIpc) is 2.98. The molecule has 110 valence electrons. The summed E-state index contributed by atoms with van der Waals surface area (Å²) < 4.78 is 0. The number of carbonyl (C=O) groups excluding carboxylic acids is 1. The summed E-state index contributed by atoms with van der Waals surface area (Å²) in [6, 6.07) is 7.30. The van der Waals surface area contributed by atoms with E-state index in [1.807, 2.05) is 12.1 Å². The third kappa shape index (κ3) is 4.84. The van der Waals surface area contributed by atoms with Crippen LogP contribution in [0.4, 0.5) is 5.13 Å². The second-order valence-corrected chi connectivity index (χ2v) is 5.56. The van der Waals surface area contributed by atoms with E-state index in [2.05, 4.69) is 15.5 Å². The van der Waals surface area contributed by atoms with Crippen LogP contribution in [0.5, 0.6) is 0 Å². The first-order chi connectivity index (χ1) is 10.2. The van der Waals surface area contributed by atoms with Crippen LogP contribution in [0.2, 0.25) is 5.02 Å². The van der Waals surface area contributed by atoms with Gasteiger partial charge >= 0.3 is 0 Å². The number of anilines is 1. The van der Waals surface area contributed by atoms with Gasteiger partial charge in [-0.05, 0) is 17.7 Å². The van der Waals surface area contributed by atoms with Gasteiger partial charge in [-0.3, -0.25) is 4.79 Å². The molecule has 0 aliphatic heterocycles. The Morgan fingerprint density at radius 1 is 1.48 bits per heavy atom. The fourth-order valence-corrected chi connectivity index (χ4v) is 2.33. The molecule has 0 atom stereocenters. The molecule has 0 radical (unpaired) electrons. The number of hydrogen-bond acceptors (Lipinski definition) is 6. The molecule has 7 heteroatoms. The number of thiazole rings is 1. The van der Waals surface area contributed by atoms with Gasteiger partial charge in [-0.25, -0.2) is 4.98 Å². The Bertz CT molecular complexity index is 625. The molecule has 5 nitrogen and oxygen atoms in total. The number of nitrogens with zero attached hydrogens (tertiary/aromatic N) is 2. The topological polar surface area (TPSA) is 63.6 Å². The maximum absolute atomic E-state index is 11.8. The quantitative estimate of drug-likeness (QED) is 0.480. The number of Topliss-reactive ketones (excluding diaryl/α,β-unsaturated/α-hetero) is 1. The summed E-state index contributed by atoms with van der Waals surface area (Å²) in [7, 11) is 1.76. The Morgan fingerprint density at radius 3 is 2.90 bits per heavy atom. The smallest absolute Gasteiger partial charge is 0.183 e. The Labute approximate surface area is 131 Å². The highest BCUT2D eigenvalue weighted by Gasteiger charge is 2.08. The van der Waals surface area contributed by atoms with Gasteiger partial charge in [0.25, 0.3) is 0 Å². The minimum atomic E-state index is -0.0344. The molecule has 2 aromatic rings. The monoisotopic (exact) mass is 323 g/mol. The largest absolute Gasteiger partial charge is 0.391 e. The van der Waals surface area contributed by atoms with Crippen LogP contribution in [0, 0.1) is 0 Å². The SMILES string of the molecule is CNc1ncc(C(=O)CC=NOCc2ccc(Cl)cc2)s1. The lowest BCUT2D eigenvalue weighted by atomic mass is 10.2. The standard InChI is InChI=1S/C14H14ClN3O2S/c1-16-14-17-8-13(21-14)12(19)6-7-18-20-9-10-2-4-11(15)5-3-10/h2-5,7-8H,6,9H2,1H3,(H,16,17). The molecule has 1 aromatic carbocycles. The van der Waals surface area contributed by atoms with Gasteiger partial charge in [-0.2, -0.15) is 0 Å². The summed E-state index contributed by atoms with van der Waals surface area (Å²) in [5, 5.41) is 8.06. The van der Waals surface area contributed by atoms with Crippen LogP contribution in [0.3, 0.4) is 0 Å². The lowest BCUT2D eigenvalue weighted by molar-refractivity contribution is 0.1000. The summed E-state index contributed by atoms with van der Waals surface area (Å²) in [6.45, 7) is 0.340. The van der Waals surface area contributed by atoms with Crippen molar-refractivity contribution in [1.82, 2.24) is 4.98 Å². The van der Waals surface area contributed by atoms with Gasteiger partial charge in [-0.15, -0.1) is 0 Å². The van der Waals surface area contributed by atoms with Crippen molar-refractivity contribution in [2.24, 2.45) is 5.16 Å². The number of oxime groups is 1. The van der Waals surface area contributed by atoms with Crippen molar-refractivity contribution >= 4 is 40.1 Å². The fourth-order valence-electron chi connectivity index (χ4n) is 1.48. The maximum atomic E-state index is 11.8. The minimum Gasteiger partial charge on any atom is -0.391 e. The van der Waals surface area contributed by atoms with E-state index in [1.54, 1.807) is 25.4 Å². The van der Waals surface area contributed by atoms with Crippen LogP contribution in [0.25, 0.3) is 0 Å². The minimum absolute atomic E-state index is 0.0344. The molecule has 0 aliphatic carbocycles. The summed E-state index contributed by atoms with van der Waals surface area (Å²) in [4.78, 5) is 21.6. The van der Waals surface area contributed by atoms with Crippen molar-refractivity contribution in [2.45, 2.75) is 13.0 Å². The number of nitrogens with one attached hydrogen (secondary N) is 1. The molecule has 1 aromatic heterocycles. The van der Waals surface area contributed by atoms with Gasteiger partial charge < -0.3 is 10.2 Å². The predicted molar refractivity (Wildman–Crippen MR) is 85.3 cm³/mol. The van der Waals surface area contributed by atoms with E-state index < -0.39 is 0 Å². The number of carbonyl (C=O) groups is 1. The molecule has 0 fully saturated rings. The Morgan fingerprint density at radius 2 is 2.24 bits per heavy atom. The van der Waals surface area contributed by atoms with Crippen molar-refractivity contribution in [3.63, 3.8) is 0 Å². The molecule has 21 heavy (non-hydrogen) atoms. The Hall–Kier alpha value is -1.92. The van der Waals surface area contributed by atoms with Crippen LogP contribution >= 0.6 is 22.9 Å². The summed E-state index contributed by atoms with van der Waals surface area (Å²) in [6.07, 6.45) is 3.20. The molecular weight excluding hydrogens is 310 g/mol. The maximum Gasteiger partial charge on any atom is 0.183 e. The zero-order valence-electron chi connectivity index (χ0n) is 11.4. The zero-order chi connectivity index (χ0) is 15.1. The number of aromatic nitrogens is 1. The van der Waals surface area contributed by atoms with Gasteiger partial charge in [0.05, 0.1) is 23.7 Å². The molecule has 0 amide bonds. The first-order valence-corrected chi connectivity index (χ1v) is 7.43. The molecule has 2 rings (SSSR count). The molecule has 0 saturated heterocycles. The van der Waals surface area contributed by atoms with E-state index in [0.29, 0.717) is 21.6 Å². The van der Waals surface area contributed by atoms with E-state index >= 15 is 0 Å². The Balaban J connectivity index is 1.74. The zero-order valence-corrected chi connectivity index (χ0v) is 12.9. The van der Waals surface area contributed by atoms with E-state index in [9.17, 15) is 4.79 Å².